The molecule has 0 amide bonds. The molecule has 11 heavy (non-hydrogen) atoms. The molecule has 1 fully saturated rings. The number of anilines is 1. The summed E-state index contributed by atoms with van der Waals surface area (Å²) in [5, 5.41) is 10.8. The van der Waals surface area contributed by atoms with E-state index in [0.29, 0.717) is 0 Å². The maximum atomic E-state index is 3.86. The first-order valence-corrected chi connectivity index (χ1v) is 3.90. The third-order valence-corrected chi connectivity index (χ3v) is 2.05. The molecule has 0 spiro atoms. The quantitative estimate of drug-likeness (QED) is 0.690. The maximum Gasteiger partial charge on any atom is 0.0730 e. The number of rotatable bonds is 2. The molecule has 0 aliphatic heterocycles. The second-order valence-electron chi connectivity index (χ2n) is 2.88. The molecule has 1 aliphatic carbocycles. The lowest BCUT2D eigenvalue weighted by atomic mass is 10.2. The smallest absolute Gasteiger partial charge is 0.0730 e. The molecule has 0 unspecified atom stereocenters. The van der Waals surface area contributed by atoms with Crippen molar-refractivity contribution in [3.05, 3.63) is 18.0 Å². The van der Waals surface area contributed by atoms with Crippen LogP contribution in [0.15, 0.2) is 12.4 Å². The van der Waals surface area contributed by atoms with Gasteiger partial charge < -0.3 is 5.32 Å². The summed E-state index contributed by atoms with van der Waals surface area (Å²) >= 11 is 0. The van der Waals surface area contributed by atoms with Gasteiger partial charge >= 0.3 is 0 Å². The molecule has 1 N–H and O–H groups in total. The molecule has 2 rings (SSSR count). The number of hydrogen-bond acceptors (Lipinski definition) is 3. The number of hydrogen-bond donors (Lipinski definition) is 1. The highest BCUT2D eigenvalue weighted by molar-refractivity contribution is 5.50. The topological polar surface area (TPSA) is 37.8 Å². The highest BCUT2D eigenvalue weighted by Gasteiger charge is 2.25. The van der Waals surface area contributed by atoms with Crippen molar-refractivity contribution >= 4 is 5.69 Å². The minimum atomic E-state index is 0.743. The Balaban J connectivity index is 2.34. The Kier molecular flexibility index (Phi) is 1.49. The molecule has 58 valence electrons. The molecular formula is C8H11N3. The fourth-order valence-corrected chi connectivity index (χ4v) is 1.26. The molecular weight excluding hydrogens is 138 g/mol. The van der Waals surface area contributed by atoms with Crippen LogP contribution in [0.2, 0.25) is 0 Å². The Labute approximate surface area is 65.8 Å². The zero-order chi connectivity index (χ0) is 7.68. The van der Waals surface area contributed by atoms with Crippen LogP contribution in [-0.4, -0.2) is 17.2 Å². The lowest BCUT2D eigenvalue weighted by molar-refractivity contribution is 0.979. The minimum Gasteiger partial charge on any atom is -0.387 e. The van der Waals surface area contributed by atoms with Crippen molar-refractivity contribution in [3.63, 3.8) is 0 Å². The molecule has 0 atom stereocenters. The molecule has 0 aromatic carbocycles. The first kappa shape index (κ1) is 6.58. The van der Waals surface area contributed by atoms with E-state index in [9.17, 15) is 0 Å². The van der Waals surface area contributed by atoms with Crippen molar-refractivity contribution in [2.45, 2.75) is 18.8 Å². The monoisotopic (exact) mass is 149 g/mol. The summed E-state index contributed by atoms with van der Waals surface area (Å²) in [7, 11) is 1.92. The average molecular weight is 149 g/mol. The highest BCUT2D eigenvalue weighted by atomic mass is 15.1. The van der Waals surface area contributed by atoms with Gasteiger partial charge in [0.25, 0.3) is 0 Å². The van der Waals surface area contributed by atoms with Crippen LogP contribution in [-0.2, 0) is 0 Å². The van der Waals surface area contributed by atoms with Crippen LogP contribution in [0.25, 0.3) is 0 Å². The summed E-state index contributed by atoms with van der Waals surface area (Å²) in [6, 6.07) is 0. The van der Waals surface area contributed by atoms with E-state index in [1.54, 1.807) is 6.20 Å². The van der Waals surface area contributed by atoms with Gasteiger partial charge in [-0.3, -0.25) is 0 Å². The zero-order valence-electron chi connectivity index (χ0n) is 6.54. The van der Waals surface area contributed by atoms with E-state index in [2.05, 4.69) is 15.5 Å². The van der Waals surface area contributed by atoms with Gasteiger partial charge in [0, 0.05) is 12.6 Å². The summed E-state index contributed by atoms with van der Waals surface area (Å²) in [6.45, 7) is 0. The first-order chi connectivity index (χ1) is 5.42. The van der Waals surface area contributed by atoms with Crippen molar-refractivity contribution in [2.75, 3.05) is 12.4 Å². The third-order valence-electron chi connectivity index (χ3n) is 2.05. The van der Waals surface area contributed by atoms with Gasteiger partial charge in [0.1, 0.15) is 0 Å². The van der Waals surface area contributed by atoms with E-state index in [1.807, 2.05) is 13.2 Å². The van der Waals surface area contributed by atoms with Crippen LogP contribution in [0, 0.1) is 0 Å². The van der Waals surface area contributed by atoms with Gasteiger partial charge in [0.15, 0.2) is 0 Å². The first-order valence-electron chi connectivity index (χ1n) is 3.90. The van der Waals surface area contributed by atoms with E-state index in [-0.39, 0.29) is 0 Å². The summed E-state index contributed by atoms with van der Waals surface area (Å²) < 4.78 is 0. The lowest BCUT2D eigenvalue weighted by Crippen LogP contribution is -1.96. The van der Waals surface area contributed by atoms with Gasteiger partial charge in [-0.15, -0.1) is 0 Å². The summed E-state index contributed by atoms with van der Waals surface area (Å²) in [5.41, 5.74) is 2.45. The number of aromatic nitrogens is 2. The van der Waals surface area contributed by atoms with Gasteiger partial charge in [-0.1, -0.05) is 0 Å². The number of nitrogens with zero attached hydrogens (tertiary/aromatic N) is 2. The third kappa shape index (κ3) is 1.18. The van der Waals surface area contributed by atoms with Gasteiger partial charge in [-0.25, -0.2) is 0 Å². The van der Waals surface area contributed by atoms with Crippen LogP contribution in [0.4, 0.5) is 5.69 Å². The molecule has 1 aromatic heterocycles. The van der Waals surface area contributed by atoms with Gasteiger partial charge in [0.05, 0.1) is 18.1 Å². The van der Waals surface area contributed by atoms with Crippen LogP contribution in [0.5, 0.6) is 0 Å². The van der Waals surface area contributed by atoms with Crippen molar-refractivity contribution in [1.29, 1.82) is 0 Å². The van der Waals surface area contributed by atoms with E-state index >= 15 is 0 Å². The summed E-state index contributed by atoms with van der Waals surface area (Å²) in [6.07, 6.45) is 6.26. The van der Waals surface area contributed by atoms with Crippen LogP contribution in [0.1, 0.15) is 24.3 Å². The Morgan fingerprint density at radius 3 is 2.73 bits per heavy atom. The molecule has 3 nitrogen and oxygen atoms in total. The predicted molar refractivity (Wildman–Crippen MR) is 43.6 cm³/mol. The fraction of sp³-hybridized carbons (Fsp3) is 0.500. The molecule has 0 radical (unpaired) electrons. The fourth-order valence-electron chi connectivity index (χ4n) is 1.26. The molecule has 3 heteroatoms. The normalized spacial score (nSPS) is 16.5. The minimum absolute atomic E-state index is 0.743. The SMILES string of the molecule is CNc1cnncc1C1CC1. The Bertz CT molecular complexity index is 255. The maximum absolute atomic E-state index is 3.86. The Morgan fingerprint density at radius 1 is 1.36 bits per heavy atom. The molecule has 1 heterocycles. The van der Waals surface area contributed by atoms with E-state index in [4.69, 9.17) is 0 Å². The average Bonchev–Trinajstić information content (AvgIpc) is 2.87. The predicted octanol–water partition coefficient (Wildman–Crippen LogP) is 1.40. The summed E-state index contributed by atoms with van der Waals surface area (Å²) in [4.78, 5) is 0. The van der Waals surface area contributed by atoms with E-state index in [0.717, 1.165) is 11.6 Å². The summed E-state index contributed by atoms with van der Waals surface area (Å²) in [5.74, 6) is 0.743. The molecule has 1 aliphatic rings. The molecule has 0 bridgehead atoms. The highest BCUT2D eigenvalue weighted by Crippen LogP contribution is 2.42. The zero-order valence-corrected chi connectivity index (χ0v) is 6.54. The number of nitrogens with one attached hydrogen (secondary N) is 1. The van der Waals surface area contributed by atoms with Crippen LogP contribution >= 0.6 is 0 Å². The Morgan fingerprint density at radius 2 is 2.09 bits per heavy atom. The van der Waals surface area contributed by atoms with Crippen molar-refractivity contribution < 1.29 is 0 Å². The van der Waals surface area contributed by atoms with Gasteiger partial charge in [-0.2, -0.15) is 10.2 Å². The largest absolute Gasteiger partial charge is 0.387 e. The van der Waals surface area contributed by atoms with Crippen molar-refractivity contribution in [3.8, 4) is 0 Å². The second kappa shape index (κ2) is 2.49. The lowest BCUT2D eigenvalue weighted by Gasteiger charge is -2.04. The van der Waals surface area contributed by atoms with E-state index in [1.165, 1.54) is 18.4 Å². The standard InChI is InChI=1S/C8H11N3/c1-9-8-5-11-10-4-7(8)6-2-3-6/h4-6H,2-3H2,1H3,(H,9,10). The molecule has 1 saturated carbocycles. The van der Waals surface area contributed by atoms with Gasteiger partial charge in [0.2, 0.25) is 0 Å². The van der Waals surface area contributed by atoms with Crippen LogP contribution in [0.3, 0.4) is 0 Å². The van der Waals surface area contributed by atoms with Crippen molar-refractivity contribution in [1.82, 2.24) is 10.2 Å². The second-order valence-corrected chi connectivity index (χ2v) is 2.88. The molecule has 0 saturated heterocycles. The Hall–Kier alpha value is -1.12. The van der Waals surface area contributed by atoms with Crippen LogP contribution < -0.4 is 5.32 Å². The molecule has 1 aromatic rings. The van der Waals surface area contributed by atoms with Crippen molar-refractivity contribution in [2.24, 2.45) is 0 Å². The van der Waals surface area contributed by atoms with Gasteiger partial charge in [-0.05, 0) is 18.8 Å². The van der Waals surface area contributed by atoms with E-state index < -0.39 is 0 Å².